The Balaban J connectivity index is 2.24. The monoisotopic (exact) mass is 177 g/mol. The lowest BCUT2D eigenvalue weighted by atomic mass is 9.85. The van der Waals surface area contributed by atoms with Gasteiger partial charge in [0.05, 0.1) is 5.92 Å². The minimum Gasteiger partial charge on any atom is -0.481 e. The van der Waals surface area contributed by atoms with Crippen molar-refractivity contribution in [2.45, 2.75) is 19.3 Å². The predicted molar refractivity (Wildman–Crippen MR) is 47.4 cm³/mol. The number of aromatic nitrogens is 1. The first-order valence-corrected chi connectivity index (χ1v) is 4.42. The lowest BCUT2D eigenvalue weighted by Crippen LogP contribution is -2.22. The molecule has 0 amide bonds. The number of hydrogen-bond acceptors (Lipinski definition) is 2. The molecule has 1 aliphatic rings. The molecule has 1 heterocycles. The molecule has 68 valence electrons. The minimum absolute atomic E-state index is 0.211. The Morgan fingerprint density at radius 1 is 1.54 bits per heavy atom. The normalized spacial score (nSPS) is 20.8. The fourth-order valence-electron chi connectivity index (χ4n) is 1.79. The van der Waals surface area contributed by atoms with Crippen LogP contribution in [0.1, 0.15) is 17.5 Å². The first kappa shape index (κ1) is 8.23. The molecule has 0 spiro atoms. The van der Waals surface area contributed by atoms with Gasteiger partial charge in [0.2, 0.25) is 0 Å². The standard InChI is InChI=1S/C10H11NO2/c12-10(13)8-2-1-7-3-4-11-6-9(7)5-8/h3-4,6,8H,1-2,5H2,(H,12,13). The molecule has 13 heavy (non-hydrogen) atoms. The molecule has 1 aromatic rings. The molecule has 0 fully saturated rings. The van der Waals surface area contributed by atoms with Gasteiger partial charge in [0.25, 0.3) is 0 Å². The van der Waals surface area contributed by atoms with Gasteiger partial charge in [-0.15, -0.1) is 0 Å². The largest absolute Gasteiger partial charge is 0.481 e. The Hall–Kier alpha value is -1.38. The van der Waals surface area contributed by atoms with Crippen LogP contribution in [-0.2, 0) is 17.6 Å². The van der Waals surface area contributed by atoms with E-state index in [1.807, 2.05) is 6.07 Å². The molecule has 0 radical (unpaired) electrons. The number of carboxylic acids is 1. The third-order valence-corrected chi connectivity index (χ3v) is 2.58. The smallest absolute Gasteiger partial charge is 0.306 e. The van der Waals surface area contributed by atoms with E-state index in [1.54, 1.807) is 12.4 Å². The number of aliphatic carboxylic acids is 1. The van der Waals surface area contributed by atoms with Gasteiger partial charge in [0.15, 0.2) is 0 Å². The van der Waals surface area contributed by atoms with Crippen LogP contribution < -0.4 is 0 Å². The van der Waals surface area contributed by atoms with Gasteiger partial charge in [-0.25, -0.2) is 0 Å². The number of pyridine rings is 1. The van der Waals surface area contributed by atoms with Crippen molar-refractivity contribution in [3.8, 4) is 0 Å². The van der Waals surface area contributed by atoms with Crippen LogP contribution in [0.3, 0.4) is 0 Å². The van der Waals surface area contributed by atoms with Gasteiger partial charge in [-0.2, -0.15) is 0 Å². The van der Waals surface area contributed by atoms with Gasteiger partial charge in [-0.1, -0.05) is 0 Å². The average Bonchev–Trinajstić information content (AvgIpc) is 2.17. The van der Waals surface area contributed by atoms with Crippen LogP contribution in [0.25, 0.3) is 0 Å². The Bertz CT molecular complexity index is 335. The number of aryl methyl sites for hydroxylation is 1. The molecule has 0 saturated heterocycles. The summed E-state index contributed by atoms with van der Waals surface area (Å²) in [4.78, 5) is 14.7. The van der Waals surface area contributed by atoms with E-state index in [4.69, 9.17) is 5.11 Å². The highest BCUT2D eigenvalue weighted by Gasteiger charge is 2.23. The van der Waals surface area contributed by atoms with Crippen molar-refractivity contribution in [3.63, 3.8) is 0 Å². The topological polar surface area (TPSA) is 50.2 Å². The summed E-state index contributed by atoms with van der Waals surface area (Å²) < 4.78 is 0. The zero-order valence-corrected chi connectivity index (χ0v) is 7.23. The maximum absolute atomic E-state index is 10.7. The molecule has 3 nitrogen and oxygen atoms in total. The summed E-state index contributed by atoms with van der Waals surface area (Å²) in [6.07, 6.45) is 5.81. The van der Waals surface area contributed by atoms with Crippen LogP contribution in [0.4, 0.5) is 0 Å². The summed E-state index contributed by atoms with van der Waals surface area (Å²) in [5.41, 5.74) is 2.36. The van der Waals surface area contributed by atoms with E-state index in [2.05, 4.69) is 4.98 Å². The highest BCUT2D eigenvalue weighted by molar-refractivity contribution is 5.70. The maximum Gasteiger partial charge on any atom is 0.306 e. The molecular weight excluding hydrogens is 166 g/mol. The molecule has 1 aliphatic carbocycles. The van der Waals surface area contributed by atoms with Crippen molar-refractivity contribution in [1.82, 2.24) is 4.98 Å². The molecule has 1 unspecified atom stereocenters. The summed E-state index contributed by atoms with van der Waals surface area (Å²) in [5, 5.41) is 8.84. The first-order chi connectivity index (χ1) is 6.27. The molecule has 1 atom stereocenters. The van der Waals surface area contributed by atoms with E-state index in [1.165, 1.54) is 5.56 Å². The Labute approximate surface area is 76.4 Å². The number of nitrogens with zero attached hydrogens (tertiary/aromatic N) is 1. The molecule has 0 saturated carbocycles. The van der Waals surface area contributed by atoms with Crippen LogP contribution in [0.5, 0.6) is 0 Å². The molecule has 1 aromatic heterocycles. The van der Waals surface area contributed by atoms with E-state index in [-0.39, 0.29) is 5.92 Å². The SMILES string of the molecule is O=C(O)C1CCc2ccncc2C1. The molecular formula is C10H11NO2. The third-order valence-electron chi connectivity index (χ3n) is 2.58. The maximum atomic E-state index is 10.7. The Morgan fingerprint density at radius 3 is 3.15 bits per heavy atom. The van der Waals surface area contributed by atoms with Gasteiger partial charge in [-0.3, -0.25) is 9.78 Å². The van der Waals surface area contributed by atoms with E-state index in [0.29, 0.717) is 6.42 Å². The third kappa shape index (κ3) is 1.54. The van der Waals surface area contributed by atoms with E-state index >= 15 is 0 Å². The molecule has 1 N–H and O–H groups in total. The fraction of sp³-hybridized carbons (Fsp3) is 0.400. The van der Waals surface area contributed by atoms with Crippen molar-refractivity contribution in [1.29, 1.82) is 0 Å². The van der Waals surface area contributed by atoms with Gasteiger partial charge in [0, 0.05) is 12.4 Å². The zero-order chi connectivity index (χ0) is 9.26. The zero-order valence-electron chi connectivity index (χ0n) is 7.23. The van der Waals surface area contributed by atoms with Crippen LogP contribution in [0.2, 0.25) is 0 Å². The van der Waals surface area contributed by atoms with Crippen molar-refractivity contribution in [3.05, 3.63) is 29.6 Å². The molecule has 2 rings (SSSR count). The van der Waals surface area contributed by atoms with E-state index in [0.717, 1.165) is 18.4 Å². The van der Waals surface area contributed by atoms with Crippen LogP contribution in [0, 0.1) is 5.92 Å². The van der Waals surface area contributed by atoms with Crippen molar-refractivity contribution in [2.24, 2.45) is 5.92 Å². The van der Waals surface area contributed by atoms with Gasteiger partial charge in [0.1, 0.15) is 0 Å². The number of carbonyl (C=O) groups is 1. The van der Waals surface area contributed by atoms with Gasteiger partial charge >= 0.3 is 5.97 Å². The summed E-state index contributed by atoms with van der Waals surface area (Å²) in [7, 11) is 0. The Kier molecular flexibility index (Phi) is 2.00. The number of rotatable bonds is 1. The average molecular weight is 177 g/mol. The quantitative estimate of drug-likeness (QED) is 0.702. The predicted octanol–water partition coefficient (Wildman–Crippen LogP) is 1.27. The molecule has 3 heteroatoms. The van der Waals surface area contributed by atoms with Crippen molar-refractivity contribution in [2.75, 3.05) is 0 Å². The van der Waals surface area contributed by atoms with Crippen LogP contribution in [0.15, 0.2) is 18.5 Å². The number of carboxylic acid groups (broad SMARTS) is 1. The molecule has 0 bridgehead atoms. The lowest BCUT2D eigenvalue weighted by molar-refractivity contribution is -0.142. The summed E-state index contributed by atoms with van der Waals surface area (Å²) >= 11 is 0. The highest BCUT2D eigenvalue weighted by atomic mass is 16.4. The minimum atomic E-state index is -0.686. The Morgan fingerprint density at radius 2 is 2.38 bits per heavy atom. The van der Waals surface area contributed by atoms with E-state index < -0.39 is 5.97 Å². The second kappa shape index (κ2) is 3.17. The summed E-state index contributed by atoms with van der Waals surface area (Å²) in [5.74, 6) is -0.897. The molecule has 0 aliphatic heterocycles. The van der Waals surface area contributed by atoms with Gasteiger partial charge < -0.3 is 5.11 Å². The summed E-state index contributed by atoms with van der Waals surface area (Å²) in [6.45, 7) is 0. The number of hydrogen-bond donors (Lipinski definition) is 1. The summed E-state index contributed by atoms with van der Waals surface area (Å²) in [6, 6.07) is 1.98. The first-order valence-electron chi connectivity index (χ1n) is 4.42. The molecule has 0 aromatic carbocycles. The van der Waals surface area contributed by atoms with Crippen molar-refractivity contribution >= 4 is 5.97 Å². The second-order valence-electron chi connectivity index (χ2n) is 3.42. The fourth-order valence-corrected chi connectivity index (χ4v) is 1.79. The van der Waals surface area contributed by atoms with Crippen LogP contribution >= 0.6 is 0 Å². The van der Waals surface area contributed by atoms with Crippen LogP contribution in [-0.4, -0.2) is 16.1 Å². The van der Waals surface area contributed by atoms with Crippen molar-refractivity contribution < 1.29 is 9.90 Å². The van der Waals surface area contributed by atoms with Gasteiger partial charge in [-0.05, 0) is 36.5 Å². The number of fused-ring (bicyclic) bond motifs is 1. The lowest BCUT2D eigenvalue weighted by Gasteiger charge is -2.20. The highest BCUT2D eigenvalue weighted by Crippen LogP contribution is 2.24. The second-order valence-corrected chi connectivity index (χ2v) is 3.42. The van der Waals surface area contributed by atoms with E-state index in [9.17, 15) is 4.79 Å².